The molecular weight excluding hydrogens is 632 g/mol. The number of carbonyl (C=O) groups is 2. The van der Waals surface area contributed by atoms with Crippen LogP contribution in [0.2, 0.25) is 0 Å². The minimum absolute atomic E-state index is 0.0932. The quantitative estimate of drug-likeness (QED) is 0.221. The number of ether oxygens (including phenoxy) is 3. The molecule has 2 atom stereocenters. The van der Waals surface area contributed by atoms with Crippen molar-refractivity contribution in [3.05, 3.63) is 71.6 Å². The summed E-state index contributed by atoms with van der Waals surface area (Å²) in [5.74, 6) is 3.26. The van der Waals surface area contributed by atoms with Crippen molar-refractivity contribution < 1.29 is 23.8 Å². The molecule has 4 aromatic rings. The second-order valence-electron chi connectivity index (χ2n) is 16.1. The Morgan fingerprint density at radius 1 is 0.740 bits per heavy atom. The molecule has 1 aliphatic carbocycles. The van der Waals surface area contributed by atoms with Crippen LogP contribution in [0.5, 0.6) is 11.5 Å². The van der Waals surface area contributed by atoms with Crippen LogP contribution in [0.15, 0.2) is 48.8 Å². The van der Waals surface area contributed by atoms with Crippen molar-refractivity contribution in [1.82, 2.24) is 29.7 Å². The van der Waals surface area contributed by atoms with Crippen LogP contribution in [0.3, 0.4) is 0 Å². The average molecular weight is 679 g/mol. The summed E-state index contributed by atoms with van der Waals surface area (Å²) in [6.45, 7) is 12.6. The lowest BCUT2D eigenvalue weighted by Gasteiger charge is -2.29. The number of amides is 2. The number of hydrogen-bond donors (Lipinski definition) is 2. The van der Waals surface area contributed by atoms with Gasteiger partial charge in [0.1, 0.15) is 34.3 Å². The van der Waals surface area contributed by atoms with Gasteiger partial charge < -0.3 is 24.2 Å². The molecule has 11 heteroatoms. The Labute approximate surface area is 292 Å². The normalized spacial score (nSPS) is 20.8. The van der Waals surface area contributed by atoms with E-state index in [9.17, 15) is 9.59 Å². The summed E-state index contributed by atoms with van der Waals surface area (Å²) in [4.78, 5) is 46.0. The van der Waals surface area contributed by atoms with Gasteiger partial charge in [-0.25, -0.2) is 19.6 Å². The molecule has 0 bridgehead atoms. The van der Waals surface area contributed by atoms with Crippen molar-refractivity contribution >= 4 is 12.2 Å². The molecule has 2 aromatic heterocycles. The molecule has 262 valence electrons. The Bertz CT molecular complexity index is 1960. The number of imidazole rings is 2. The van der Waals surface area contributed by atoms with Gasteiger partial charge in [0.2, 0.25) is 0 Å². The highest BCUT2D eigenvalue weighted by Gasteiger charge is 2.52. The maximum Gasteiger partial charge on any atom is 0.410 e. The second kappa shape index (κ2) is 11.6. The van der Waals surface area contributed by atoms with E-state index in [0.29, 0.717) is 13.1 Å². The zero-order chi connectivity index (χ0) is 35.0. The molecule has 2 amide bonds. The first-order chi connectivity index (χ1) is 23.8. The second-order valence-corrected chi connectivity index (χ2v) is 16.1. The number of nitrogens with zero attached hydrogens (tertiary/aromatic N) is 4. The molecule has 2 saturated heterocycles. The molecule has 5 heterocycles. The van der Waals surface area contributed by atoms with Gasteiger partial charge >= 0.3 is 12.2 Å². The minimum atomic E-state index is -0.550. The Hall–Kier alpha value is -4.80. The number of hydrogen-bond acceptors (Lipinski definition) is 7. The summed E-state index contributed by atoms with van der Waals surface area (Å²) in [6, 6.07) is 12.4. The number of benzene rings is 2. The molecule has 8 rings (SSSR count). The number of aromatic nitrogens is 4. The van der Waals surface area contributed by atoms with E-state index in [1.807, 2.05) is 53.9 Å². The third kappa shape index (κ3) is 5.90. The van der Waals surface area contributed by atoms with Crippen LogP contribution in [-0.2, 0) is 14.9 Å². The van der Waals surface area contributed by atoms with Crippen molar-refractivity contribution in [2.75, 3.05) is 13.1 Å². The predicted molar refractivity (Wildman–Crippen MR) is 188 cm³/mol. The zero-order valence-corrected chi connectivity index (χ0v) is 29.8. The molecule has 1 saturated carbocycles. The van der Waals surface area contributed by atoms with Crippen molar-refractivity contribution in [2.45, 2.75) is 109 Å². The Morgan fingerprint density at radius 2 is 1.26 bits per heavy atom. The Morgan fingerprint density at radius 3 is 1.78 bits per heavy atom. The lowest BCUT2D eigenvalue weighted by atomic mass is 9.83. The maximum absolute atomic E-state index is 12.9. The summed E-state index contributed by atoms with van der Waals surface area (Å²) in [5, 5.41) is 0. The first-order valence-corrected chi connectivity index (χ1v) is 17.9. The molecule has 0 radical (unpaired) electrons. The number of rotatable bonds is 4. The van der Waals surface area contributed by atoms with E-state index in [2.05, 4.69) is 46.4 Å². The van der Waals surface area contributed by atoms with Gasteiger partial charge in [-0.1, -0.05) is 12.1 Å². The molecule has 2 aromatic carbocycles. The van der Waals surface area contributed by atoms with Gasteiger partial charge in [-0.05, 0) is 104 Å². The van der Waals surface area contributed by atoms with Gasteiger partial charge in [-0.15, -0.1) is 0 Å². The van der Waals surface area contributed by atoms with Gasteiger partial charge in [-0.2, -0.15) is 0 Å². The molecule has 11 nitrogen and oxygen atoms in total. The highest BCUT2D eigenvalue weighted by molar-refractivity contribution is 5.72. The van der Waals surface area contributed by atoms with E-state index in [4.69, 9.17) is 24.2 Å². The van der Waals surface area contributed by atoms with Crippen molar-refractivity contribution in [1.29, 1.82) is 0 Å². The smallest absolute Gasteiger partial charge is 0.410 e. The van der Waals surface area contributed by atoms with Crippen LogP contribution in [0.25, 0.3) is 22.5 Å². The van der Waals surface area contributed by atoms with Crippen LogP contribution in [0, 0.1) is 0 Å². The first-order valence-electron chi connectivity index (χ1n) is 17.9. The summed E-state index contributed by atoms with van der Waals surface area (Å²) < 4.78 is 17.9. The number of aromatic amines is 2. The van der Waals surface area contributed by atoms with E-state index in [1.165, 1.54) is 11.1 Å². The molecule has 4 aliphatic rings. The number of likely N-dealkylation sites (tertiary alicyclic amines) is 2. The number of H-pyrrole nitrogens is 2. The highest BCUT2D eigenvalue weighted by atomic mass is 16.6. The molecule has 2 N–H and O–H groups in total. The predicted octanol–water partition coefficient (Wildman–Crippen LogP) is 8.80. The van der Waals surface area contributed by atoms with Gasteiger partial charge in [0.05, 0.1) is 23.5 Å². The van der Waals surface area contributed by atoms with Crippen molar-refractivity contribution in [3.8, 4) is 34.0 Å². The van der Waals surface area contributed by atoms with Crippen LogP contribution < -0.4 is 4.74 Å². The number of fused-ring (bicyclic) bond motifs is 4. The fourth-order valence-corrected chi connectivity index (χ4v) is 7.73. The summed E-state index contributed by atoms with van der Waals surface area (Å²) in [5.41, 5.74) is 4.81. The Kier molecular flexibility index (Phi) is 7.54. The topological polar surface area (TPSA) is 126 Å². The standard InChI is InChI=1S/C39H46N6O5/c1-37(2,3)49-35(46)44-17-7-9-29(44)33-40-21-27(42-33)23-12-14-31-26(19-23)39(15-16-39)25-13-11-24(20-32(25)48-31)28-22-41-34(43-28)30-10-8-18-45(30)36(47)50-38(4,5)6/h11-14,19-22,29-30H,7-10,15-18H2,1-6H3,(H,40,42)(H,41,43)/t29-,30?/m0/s1. The average Bonchev–Trinajstić information content (AvgIpc) is 3.61. The van der Waals surface area contributed by atoms with Gasteiger partial charge in [0, 0.05) is 53.2 Å². The molecule has 3 aliphatic heterocycles. The summed E-state index contributed by atoms with van der Waals surface area (Å²) in [6.07, 6.45) is 8.84. The van der Waals surface area contributed by atoms with Crippen molar-refractivity contribution in [3.63, 3.8) is 0 Å². The van der Waals surface area contributed by atoms with E-state index < -0.39 is 11.2 Å². The summed E-state index contributed by atoms with van der Waals surface area (Å²) in [7, 11) is 0. The molecule has 1 unspecified atom stereocenters. The lowest BCUT2D eigenvalue weighted by molar-refractivity contribution is 0.0208. The number of nitrogens with one attached hydrogen (secondary N) is 2. The molecule has 50 heavy (non-hydrogen) atoms. The van der Waals surface area contributed by atoms with Crippen LogP contribution >= 0.6 is 0 Å². The largest absolute Gasteiger partial charge is 0.457 e. The lowest BCUT2D eigenvalue weighted by Crippen LogP contribution is -2.36. The zero-order valence-electron chi connectivity index (χ0n) is 29.8. The van der Waals surface area contributed by atoms with E-state index in [1.54, 1.807) is 9.80 Å². The van der Waals surface area contributed by atoms with E-state index >= 15 is 0 Å². The third-order valence-corrected chi connectivity index (χ3v) is 10.1. The van der Waals surface area contributed by atoms with Crippen LogP contribution in [0.4, 0.5) is 9.59 Å². The SMILES string of the molecule is CC(C)(C)OC(=O)N1CCCC1c1nc(-c2ccc3c(c2)Oc2ccc(-c4c[nH]c([C@@H]5CCCN5C(=O)OC(C)(C)C)n4)cc2C32CC2)c[nH]1. The van der Waals surface area contributed by atoms with Gasteiger partial charge in [0.15, 0.2) is 0 Å². The first kappa shape index (κ1) is 32.4. The van der Waals surface area contributed by atoms with Gasteiger partial charge in [0.25, 0.3) is 0 Å². The van der Waals surface area contributed by atoms with E-state index in [-0.39, 0.29) is 29.7 Å². The summed E-state index contributed by atoms with van der Waals surface area (Å²) >= 11 is 0. The monoisotopic (exact) mass is 678 g/mol. The fourth-order valence-electron chi connectivity index (χ4n) is 7.73. The molecule has 1 spiro atoms. The number of carbonyl (C=O) groups excluding carboxylic acids is 2. The van der Waals surface area contributed by atoms with Gasteiger partial charge in [-0.3, -0.25) is 9.80 Å². The fraction of sp³-hybridized carbons (Fsp3) is 0.487. The minimum Gasteiger partial charge on any atom is -0.457 e. The van der Waals surface area contributed by atoms with Crippen molar-refractivity contribution in [2.24, 2.45) is 0 Å². The molecule has 3 fully saturated rings. The van der Waals surface area contributed by atoms with Crippen LogP contribution in [-0.4, -0.2) is 66.2 Å². The Balaban J connectivity index is 1.01. The highest BCUT2D eigenvalue weighted by Crippen LogP contribution is 2.62. The molecular formula is C39H46N6O5. The maximum atomic E-state index is 12.9. The van der Waals surface area contributed by atoms with Crippen LogP contribution in [0.1, 0.15) is 115 Å². The third-order valence-electron chi connectivity index (χ3n) is 10.1. The van der Waals surface area contributed by atoms with E-state index in [0.717, 1.165) is 84.2 Å².